The summed E-state index contributed by atoms with van der Waals surface area (Å²) in [6.45, 7) is -0.467. The maximum Gasteiger partial charge on any atom is 0.433 e. The fourth-order valence-electron chi connectivity index (χ4n) is 2.98. The number of hydrogen-bond acceptors (Lipinski definition) is 8. The van der Waals surface area contributed by atoms with Crippen molar-refractivity contribution in [1.82, 2.24) is 4.98 Å². The van der Waals surface area contributed by atoms with Crippen molar-refractivity contribution in [3.8, 4) is 11.3 Å². The largest absolute Gasteiger partial charge is 0.450 e. The van der Waals surface area contributed by atoms with Crippen LogP contribution in [0.3, 0.4) is 0 Å². The number of ether oxygens (including phenoxy) is 1. The van der Waals surface area contributed by atoms with Crippen LogP contribution in [0.25, 0.3) is 11.3 Å². The molecule has 11 heteroatoms. The molecule has 0 N–H and O–H groups in total. The number of nitrogens with zero attached hydrogens (tertiary/aromatic N) is 3. The van der Waals surface area contributed by atoms with Crippen molar-refractivity contribution in [3.05, 3.63) is 99.4 Å². The van der Waals surface area contributed by atoms with Crippen molar-refractivity contribution in [2.75, 3.05) is 11.5 Å². The van der Waals surface area contributed by atoms with Crippen molar-refractivity contribution in [2.45, 2.75) is 6.54 Å². The number of anilines is 1. The van der Waals surface area contributed by atoms with Gasteiger partial charge >= 0.3 is 11.9 Å². The predicted molar refractivity (Wildman–Crippen MR) is 121 cm³/mol. The molecule has 0 atom stereocenters. The third kappa shape index (κ3) is 5.33. The summed E-state index contributed by atoms with van der Waals surface area (Å²) in [7, 11) is 0. The Morgan fingerprint density at radius 1 is 1.09 bits per heavy atom. The van der Waals surface area contributed by atoms with Gasteiger partial charge in [0.05, 0.1) is 18.3 Å². The van der Waals surface area contributed by atoms with E-state index in [4.69, 9.17) is 9.15 Å². The van der Waals surface area contributed by atoms with Crippen LogP contribution in [0.2, 0.25) is 0 Å². The summed E-state index contributed by atoms with van der Waals surface area (Å²) in [5, 5.41) is 12.8. The molecule has 4 aromatic rings. The Balaban J connectivity index is 1.52. The Bertz CT molecular complexity index is 1320. The SMILES string of the molecule is O=C(OCC(=O)N(Cc1ccccc1)c1nc(-c2ccc(F)cc2)cs1)c1ccc([N+](=O)[O-])o1. The van der Waals surface area contributed by atoms with E-state index in [1.807, 2.05) is 30.3 Å². The van der Waals surface area contributed by atoms with Crippen LogP contribution in [0.1, 0.15) is 16.1 Å². The minimum atomic E-state index is -1.01. The molecule has 4 rings (SSSR count). The monoisotopic (exact) mass is 481 g/mol. The highest BCUT2D eigenvalue weighted by molar-refractivity contribution is 7.14. The molecular formula is C23H16FN3O6S. The summed E-state index contributed by atoms with van der Waals surface area (Å²) < 4.78 is 23.1. The summed E-state index contributed by atoms with van der Waals surface area (Å²) >= 11 is 1.21. The zero-order chi connectivity index (χ0) is 24.1. The lowest BCUT2D eigenvalue weighted by molar-refractivity contribution is -0.402. The van der Waals surface area contributed by atoms with Gasteiger partial charge in [-0.2, -0.15) is 0 Å². The number of thiazole rings is 1. The van der Waals surface area contributed by atoms with Crippen molar-refractivity contribution in [2.24, 2.45) is 0 Å². The molecular weight excluding hydrogens is 465 g/mol. The van der Waals surface area contributed by atoms with E-state index in [0.717, 1.165) is 17.7 Å². The van der Waals surface area contributed by atoms with E-state index >= 15 is 0 Å². The van der Waals surface area contributed by atoms with Crippen molar-refractivity contribution >= 4 is 34.2 Å². The molecule has 0 bridgehead atoms. The van der Waals surface area contributed by atoms with E-state index in [9.17, 15) is 24.1 Å². The summed E-state index contributed by atoms with van der Waals surface area (Å²) in [5.74, 6) is -2.93. The number of furan rings is 1. The van der Waals surface area contributed by atoms with Gasteiger partial charge < -0.3 is 9.15 Å². The van der Waals surface area contributed by atoms with Crippen LogP contribution < -0.4 is 4.90 Å². The number of rotatable bonds is 8. The lowest BCUT2D eigenvalue weighted by Gasteiger charge is -2.20. The Labute approximate surface area is 196 Å². The van der Waals surface area contributed by atoms with Crippen LogP contribution in [0.4, 0.5) is 15.4 Å². The summed E-state index contributed by atoms with van der Waals surface area (Å²) in [4.78, 5) is 41.0. The van der Waals surface area contributed by atoms with Crippen molar-refractivity contribution in [1.29, 1.82) is 0 Å². The average Bonchev–Trinajstić information content (AvgIpc) is 3.53. The fourth-order valence-corrected chi connectivity index (χ4v) is 3.83. The molecule has 0 fully saturated rings. The molecule has 0 saturated carbocycles. The molecule has 0 spiro atoms. The first-order chi connectivity index (χ1) is 16.4. The number of amides is 1. The van der Waals surface area contributed by atoms with E-state index in [1.54, 1.807) is 17.5 Å². The van der Waals surface area contributed by atoms with E-state index < -0.39 is 29.3 Å². The molecule has 2 heterocycles. The van der Waals surface area contributed by atoms with Gasteiger partial charge in [-0.1, -0.05) is 30.3 Å². The molecule has 0 aliphatic heterocycles. The van der Waals surface area contributed by atoms with Gasteiger partial charge in [0.2, 0.25) is 5.76 Å². The molecule has 2 aromatic heterocycles. The quantitative estimate of drug-likeness (QED) is 0.201. The van der Waals surface area contributed by atoms with E-state index in [0.29, 0.717) is 16.4 Å². The minimum Gasteiger partial charge on any atom is -0.450 e. The second kappa shape index (κ2) is 10.0. The van der Waals surface area contributed by atoms with Gasteiger partial charge in [0.25, 0.3) is 5.91 Å². The normalized spacial score (nSPS) is 10.6. The number of aromatic nitrogens is 1. The minimum absolute atomic E-state index is 0.166. The third-order valence-corrected chi connectivity index (χ3v) is 5.51. The van der Waals surface area contributed by atoms with Gasteiger partial charge in [-0.25, -0.2) is 14.2 Å². The predicted octanol–water partition coefficient (Wildman–Crippen LogP) is 4.84. The van der Waals surface area contributed by atoms with Crippen LogP contribution >= 0.6 is 11.3 Å². The Morgan fingerprint density at radius 2 is 1.82 bits per heavy atom. The molecule has 9 nitrogen and oxygen atoms in total. The highest BCUT2D eigenvalue weighted by Gasteiger charge is 2.24. The number of hydrogen-bond donors (Lipinski definition) is 0. The van der Waals surface area contributed by atoms with Crippen LogP contribution in [-0.2, 0) is 16.1 Å². The first kappa shape index (κ1) is 22.8. The molecule has 1 amide bonds. The number of esters is 1. The Morgan fingerprint density at radius 3 is 2.50 bits per heavy atom. The second-order valence-corrected chi connectivity index (χ2v) is 7.80. The number of carbonyl (C=O) groups excluding carboxylic acids is 2. The summed E-state index contributed by atoms with van der Waals surface area (Å²) in [6.07, 6.45) is 0. The van der Waals surface area contributed by atoms with Gasteiger partial charge in [0.15, 0.2) is 11.7 Å². The number of nitro groups is 1. The van der Waals surface area contributed by atoms with Crippen molar-refractivity contribution < 1.29 is 28.1 Å². The molecule has 0 radical (unpaired) electrons. The smallest absolute Gasteiger partial charge is 0.433 e. The Kier molecular flexibility index (Phi) is 6.74. The maximum absolute atomic E-state index is 13.2. The molecule has 0 unspecified atom stereocenters. The number of benzene rings is 2. The average molecular weight is 481 g/mol. The number of halogens is 1. The molecule has 0 saturated heterocycles. The van der Waals surface area contributed by atoms with Gasteiger partial charge in [-0.15, -0.1) is 11.3 Å². The summed E-state index contributed by atoms with van der Waals surface area (Å²) in [5.41, 5.74) is 2.06. The zero-order valence-corrected chi connectivity index (χ0v) is 18.2. The highest BCUT2D eigenvalue weighted by Crippen LogP contribution is 2.29. The van der Waals surface area contributed by atoms with Gasteiger partial charge in [0.1, 0.15) is 10.7 Å². The highest BCUT2D eigenvalue weighted by atomic mass is 32.1. The lowest BCUT2D eigenvalue weighted by atomic mass is 10.2. The zero-order valence-electron chi connectivity index (χ0n) is 17.4. The molecule has 2 aromatic carbocycles. The second-order valence-electron chi connectivity index (χ2n) is 6.96. The van der Waals surface area contributed by atoms with Crippen LogP contribution in [0.5, 0.6) is 0 Å². The van der Waals surface area contributed by atoms with Crippen LogP contribution in [0, 0.1) is 15.9 Å². The molecule has 34 heavy (non-hydrogen) atoms. The fraction of sp³-hybridized carbons (Fsp3) is 0.0870. The van der Waals surface area contributed by atoms with Gasteiger partial charge in [-0.3, -0.25) is 19.8 Å². The molecule has 0 aliphatic carbocycles. The Hall–Kier alpha value is -4.38. The van der Waals surface area contributed by atoms with Gasteiger partial charge in [0, 0.05) is 10.9 Å². The lowest BCUT2D eigenvalue weighted by Crippen LogP contribution is -2.34. The molecule has 0 aliphatic rings. The van der Waals surface area contributed by atoms with Crippen molar-refractivity contribution in [3.63, 3.8) is 0 Å². The first-order valence-corrected chi connectivity index (χ1v) is 10.8. The third-order valence-electron chi connectivity index (χ3n) is 4.65. The maximum atomic E-state index is 13.2. The first-order valence-electron chi connectivity index (χ1n) is 9.88. The van der Waals surface area contributed by atoms with Crippen LogP contribution in [0.15, 0.2) is 76.5 Å². The standard InChI is InChI=1S/C23H16FN3O6S/c24-17-8-6-16(7-9-17)18-14-34-23(25-18)26(12-15-4-2-1-3-5-15)20(28)13-32-22(29)19-10-11-21(33-19)27(30)31/h1-11,14H,12-13H2. The topological polar surface area (TPSA) is 116 Å². The van der Waals surface area contributed by atoms with E-state index in [2.05, 4.69) is 4.98 Å². The molecule has 172 valence electrons. The number of carbonyl (C=O) groups is 2. The van der Waals surface area contributed by atoms with Crippen LogP contribution in [-0.4, -0.2) is 28.4 Å². The van der Waals surface area contributed by atoms with E-state index in [-0.39, 0.29) is 18.1 Å². The van der Waals surface area contributed by atoms with E-state index in [1.165, 1.54) is 28.4 Å². The summed E-state index contributed by atoms with van der Waals surface area (Å²) in [6, 6.07) is 17.1. The van der Waals surface area contributed by atoms with Gasteiger partial charge in [-0.05, 0) is 35.9 Å².